The Morgan fingerprint density at radius 3 is 2.64 bits per heavy atom. The molecule has 0 aliphatic heterocycles. The van der Waals surface area contributed by atoms with Crippen molar-refractivity contribution in [3.8, 4) is 22.5 Å². The molecule has 0 radical (unpaired) electrons. The first-order chi connectivity index (χ1) is 12.3. The first kappa shape index (κ1) is 15.1. The summed E-state index contributed by atoms with van der Waals surface area (Å²) in [4.78, 5) is 17.8. The molecular formula is C21H16N4. The molecule has 1 aromatic carbocycles. The van der Waals surface area contributed by atoms with Gasteiger partial charge in [-0.25, -0.2) is 9.97 Å². The lowest BCUT2D eigenvalue weighted by molar-refractivity contribution is 1.22. The van der Waals surface area contributed by atoms with Crippen molar-refractivity contribution < 1.29 is 0 Å². The van der Waals surface area contributed by atoms with E-state index in [1.54, 1.807) is 18.6 Å². The molecule has 0 saturated carbocycles. The zero-order valence-electron chi connectivity index (χ0n) is 13.8. The van der Waals surface area contributed by atoms with Crippen LogP contribution in [0.5, 0.6) is 0 Å². The van der Waals surface area contributed by atoms with E-state index in [4.69, 9.17) is 0 Å². The van der Waals surface area contributed by atoms with Crippen LogP contribution in [0.2, 0.25) is 0 Å². The van der Waals surface area contributed by atoms with Gasteiger partial charge < -0.3 is 0 Å². The fourth-order valence-corrected chi connectivity index (χ4v) is 2.90. The smallest absolute Gasteiger partial charge is 0.178 e. The maximum atomic E-state index is 4.66. The third-order valence-corrected chi connectivity index (χ3v) is 4.18. The molecule has 0 bridgehead atoms. The minimum Gasteiger partial charge on any atom is -0.256 e. The largest absolute Gasteiger partial charge is 0.256 e. The normalized spacial score (nSPS) is 10.8. The summed E-state index contributed by atoms with van der Waals surface area (Å²) in [6, 6.07) is 14.1. The number of benzene rings is 1. The Bertz CT molecular complexity index is 1090. The summed E-state index contributed by atoms with van der Waals surface area (Å²) < 4.78 is 0. The van der Waals surface area contributed by atoms with E-state index in [2.05, 4.69) is 51.6 Å². The second kappa shape index (κ2) is 6.24. The van der Waals surface area contributed by atoms with Gasteiger partial charge in [0.05, 0.1) is 11.4 Å². The van der Waals surface area contributed by atoms with Crippen molar-refractivity contribution in [1.82, 2.24) is 19.9 Å². The number of rotatable bonds is 3. The van der Waals surface area contributed by atoms with Crippen molar-refractivity contribution >= 4 is 17.2 Å². The van der Waals surface area contributed by atoms with Crippen LogP contribution in [0.4, 0.5) is 0 Å². The van der Waals surface area contributed by atoms with E-state index in [1.807, 2.05) is 30.3 Å². The van der Waals surface area contributed by atoms with Crippen LogP contribution in [0.3, 0.4) is 0 Å². The summed E-state index contributed by atoms with van der Waals surface area (Å²) in [5.41, 5.74) is 7.47. The molecule has 0 N–H and O–H groups in total. The fraction of sp³-hybridized carbons (Fsp3) is 0.0476. The SMILES string of the molecule is C=Cc1ccc(-c2ncccc2-c2ccc3nccnc3n2)cc1C. The van der Waals surface area contributed by atoms with E-state index in [-0.39, 0.29) is 0 Å². The lowest BCUT2D eigenvalue weighted by Gasteiger charge is -2.10. The Kier molecular flexibility index (Phi) is 3.78. The van der Waals surface area contributed by atoms with Crippen LogP contribution in [-0.4, -0.2) is 19.9 Å². The second-order valence-electron chi connectivity index (χ2n) is 5.77. The summed E-state index contributed by atoms with van der Waals surface area (Å²) >= 11 is 0. The van der Waals surface area contributed by atoms with Crippen LogP contribution in [-0.2, 0) is 0 Å². The summed E-state index contributed by atoms with van der Waals surface area (Å²) in [6.07, 6.45) is 6.99. The molecule has 3 heterocycles. The number of pyridine rings is 2. The van der Waals surface area contributed by atoms with Gasteiger partial charge in [0.25, 0.3) is 0 Å². The zero-order chi connectivity index (χ0) is 17.2. The molecule has 0 aliphatic rings. The standard InChI is InChI=1S/C21H16N4/c1-3-15-6-7-16(13-14(15)2)20-17(5-4-10-23-20)18-8-9-19-21(25-18)24-12-11-22-19/h3-13H,1H2,2H3. The van der Waals surface area contributed by atoms with Crippen molar-refractivity contribution in [3.63, 3.8) is 0 Å². The van der Waals surface area contributed by atoms with Crippen LogP contribution < -0.4 is 0 Å². The first-order valence-electron chi connectivity index (χ1n) is 8.03. The average Bonchev–Trinajstić information content (AvgIpc) is 2.67. The molecule has 0 aliphatic carbocycles. The molecule has 4 rings (SSSR count). The summed E-state index contributed by atoms with van der Waals surface area (Å²) in [5.74, 6) is 0. The van der Waals surface area contributed by atoms with Crippen LogP contribution >= 0.6 is 0 Å². The van der Waals surface area contributed by atoms with Crippen LogP contribution in [0.1, 0.15) is 11.1 Å². The molecule has 0 fully saturated rings. The highest BCUT2D eigenvalue weighted by molar-refractivity contribution is 5.82. The number of aryl methyl sites for hydroxylation is 1. The molecule has 0 saturated heterocycles. The van der Waals surface area contributed by atoms with E-state index >= 15 is 0 Å². The van der Waals surface area contributed by atoms with Gasteiger partial charge in [-0.3, -0.25) is 9.97 Å². The van der Waals surface area contributed by atoms with Crippen molar-refractivity contribution in [2.45, 2.75) is 6.92 Å². The topological polar surface area (TPSA) is 51.6 Å². The highest BCUT2D eigenvalue weighted by Gasteiger charge is 2.11. The molecule has 0 spiro atoms. The highest BCUT2D eigenvalue weighted by atomic mass is 14.9. The molecular weight excluding hydrogens is 308 g/mol. The molecule has 4 nitrogen and oxygen atoms in total. The second-order valence-corrected chi connectivity index (χ2v) is 5.77. The van der Waals surface area contributed by atoms with Crippen molar-refractivity contribution in [1.29, 1.82) is 0 Å². The van der Waals surface area contributed by atoms with Gasteiger partial charge in [0.1, 0.15) is 5.52 Å². The molecule has 0 amide bonds. The van der Waals surface area contributed by atoms with Gasteiger partial charge in [-0.15, -0.1) is 0 Å². The van der Waals surface area contributed by atoms with Crippen LogP contribution in [0.25, 0.3) is 39.8 Å². The van der Waals surface area contributed by atoms with Gasteiger partial charge in [-0.1, -0.05) is 24.8 Å². The number of hydrogen-bond donors (Lipinski definition) is 0. The summed E-state index contributed by atoms with van der Waals surface area (Å²) in [5, 5.41) is 0. The van der Waals surface area contributed by atoms with Gasteiger partial charge in [-0.05, 0) is 48.4 Å². The maximum absolute atomic E-state index is 4.66. The van der Waals surface area contributed by atoms with Crippen LogP contribution in [0, 0.1) is 6.92 Å². The fourth-order valence-electron chi connectivity index (χ4n) is 2.90. The van der Waals surface area contributed by atoms with E-state index in [0.29, 0.717) is 5.65 Å². The number of nitrogens with zero attached hydrogens (tertiary/aromatic N) is 4. The molecule has 0 atom stereocenters. The Balaban J connectivity index is 1.88. The van der Waals surface area contributed by atoms with Crippen molar-refractivity contribution in [3.05, 3.63) is 78.8 Å². The van der Waals surface area contributed by atoms with E-state index in [0.717, 1.165) is 33.6 Å². The predicted molar refractivity (Wildman–Crippen MR) is 101 cm³/mol. The lowest BCUT2D eigenvalue weighted by atomic mass is 9.99. The summed E-state index contributed by atoms with van der Waals surface area (Å²) in [7, 11) is 0. The predicted octanol–water partition coefficient (Wildman–Crippen LogP) is 4.71. The van der Waals surface area contributed by atoms with Gasteiger partial charge in [-0.2, -0.15) is 0 Å². The highest BCUT2D eigenvalue weighted by Crippen LogP contribution is 2.30. The van der Waals surface area contributed by atoms with Crippen molar-refractivity contribution in [2.24, 2.45) is 0 Å². The average molecular weight is 324 g/mol. The lowest BCUT2D eigenvalue weighted by Crippen LogP contribution is -1.94. The first-order valence-corrected chi connectivity index (χ1v) is 8.03. The third kappa shape index (κ3) is 2.78. The van der Waals surface area contributed by atoms with Gasteiger partial charge in [0.15, 0.2) is 5.65 Å². The molecule has 120 valence electrons. The van der Waals surface area contributed by atoms with Gasteiger partial charge in [0, 0.05) is 29.7 Å². The molecule has 0 unspecified atom stereocenters. The molecule has 4 heteroatoms. The molecule has 4 aromatic rings. The van der Waals surface area contributed by atoms with Gasteiger partial charge >= 0.3 is 0 Å². The summed E-state index contributed by atoms with van der Waals surface area (Å²) in [6.45, 7) is 5.93. The van der Waals surface area contributed by atoms with E-state index < -0.39 is 0 Å². The van der Waals surface area contributed by atoms with E-state index in [1.165, 1.54) is 5.56 Å². The quantitative estimate of drug-likeness (QED) is 0.548. The zero-order valence-corrected chi connectivity index (χ0v) is 13.8. The minimum atomic E-state index is 0.632. The van der Waals surface area contributed by atoms with Crippen molar-refractivity contribution in [2.75, 3.05) is 0 Å². The third-order valence-electron chi connectivity index (χ3n) is 4.18. The maximum Gasteiger partial charge on any atom is 0.178 e. The number of aromatic nitrogens is 4. The Labute approximate surface area is 146 Å². The molecule has 25 heavy (non-hydrogen) atoms. The minimum absolute atomic E-state index is 0.632. The Morgan fingerprint density at radius 2 is 1.80 bits per heavy atom. The Hall–Kier alpha value is -3.40. The monoisotopic (exact) mass is 324 g/mol. The van der Waals surface area contributed by atoms with E-state index in [9.17, 15) is 0 Å². The van der Waals surface area contributed by atoms with Gasteiger partial charge in [0.2, 0.25) is 0 Å². The Morgan fingerprint density at radius 1 is 0.920 bits per heavy atom. The number of hydrogen-bond acceptors (Lipinski definition) is 4. The number of fused-ring (bicyclic) bond motifs is 1. The molecule has 3 aromatic heterocycles. The van der Waals surface area contributed by atoms with Crippen LogP contribution in [0.15, 0.2) is 67.6 Å².